The van der Waals surface area contributed by atoms with Crippen molar-refractivity contribution in [3.63, 3.8) is 0 Å². The minimum Gasteiger partial charge on any atom is -0.353 e. The summed E-state index contributed by atoms with van der Waals surface area (Å²) in [4.78, 5) is 11.6. The molecule has 5 heteroatoms. The normalized spacial score (nSPS) is 11.5. The molecule has 1 rings (SSSR count). The average molecular weight is 289 g/mol. The molecule has 1 amide bonds. The van der Waals surface area contributed by atoms with Crippen molar-refractivity contribution in [2.24, 2.45) is 0 Å². The van der Waals surface area contributed by atoms with Crippen molar-refractivity contribution in [2.75, 3.05) is 13.6 Å². The minimum atomic E-state index is -0.214. The monoisotopic (exact) mass is 288 g/mol. The topological polar surface area (TPSA) is 41.1 Å². The van der Waals surface area contributed by atoms with Gasteiger partial charge in [0.15, 0.2) is 0 Å². The molecule has 0 radical (unpaired) electrons. The lowest BCUT2D eigenvalue weighted by Crippen LogP contribution is -2.34. The zero-order valence-corrected chi connectivity index (χ0v) is 12.2. The first-order valence-electron chi connectivity index (χ1n) is 6.31. The van der Waals surface area contributed by atoms with Gasteiger partial charge in [-0.3, -0.25) is 4.79 Å². The van der Waals surface area contributed by atoms with Crippen molar-refractivity contribution in [1.29, 1.82) is 0 Å². The number of carbonyl (C=O) groups is 1. The largest absolute Gasteiger partial charge is 0.353 e. The van der Waals surface area contributed by atoms with E-state index in [0.29, 0.717) is 18.4 Å². The molecule has 0 aliphatic heterocycles. The molecule has 0 fully saturated rings. The summed E-state index contributed by atoms with van der Waals surface area (Å²) in [7, 11) is 1.86. The van der Waals surface area contributed by atoms with Gasteiger partial charge in [0, 0.05) is 12.5 Å². The SMILES string of the molecule is CNCCCC(=O)NC(C)Cc1ccccc1F.Cl. The van der Waals surface area contributed by atoms with Crippen molar-refractivity contribution in [1.82, 2.24) is 10.6 Å². The lowest BCUT2D eigenvalue weighted by Gasteiger charge is -2.14. The molecule has 3 nitrogen and oxygen atoms in total. The molecule has 0 aromatic heterocycles. The predicted molar refractivity (Wildman–Crippen MR) is 78.1 cm³/mol. The maximum atomic E-state index is 13.4. The van der Waals surface area contributed by atoms with E-state index in [1.54, 1.807) is 18.2 Å². The molecule has 0 bridgehead atoms. The van der Waals surface area contributed by atoms with E-state index in [9.17, 15) is 9.18 Å². The van der Waals surface area contributed by atoms with Gasteiger partial charge >= 0.3 is 0 Å². The highest BCUT2D eigenvalue weighted by atomic mass is 35.5. The Labute approximate surface area is 120 Å². The molecule has 0 saturated carbocycles. The number of rotatable bonds is 7. The number of halogens is 2. The first-order chi connectivity index (χ1) is 8.63. The summed E-state index contributed by atoms with van der Waals surface area (Å²) in [6.07, 6.45) is 1.83. The number of hydrogen-bond acceptors (Lipinski definition) is 2. The molecule has 0 aliphatic rings. The second-order valence-corrected chi connectivity index (χ2v) is 4.47. The highest BCUT2D eigenvalue weighted by Crippen LogP contribution is 2.09. The lowest BCUT2D eigenvalue weighted by atomic mass is 10.1. The Bertz CT molecular complexity index is 387. The molecular formula is C14H22ClFN2O. The van der Waals surface area contributed by atoms with Crippen LogP contribution in [0.25, 0.3) is 0 Å². The molecule has 2 N–H and O–H groups in total. The van der Waals surface area contributed by atoms with E-state index in [0.717, 1.165) is 13.0 Å². The van der Waals surface area contributed by atoms with Crippen LogP contribution in [0.4, 0.5) is 4.39 Å². The summed E-state index contributed by atoms with van der Waals surface area (Å²) in [5.41, 5.74) is 0.639. The van der Waals surface area contributed by atoms with Gasteiger partial charge in [-0.15, -0.1) is 12.4 Å². The number of carbonyl (C=O) groups excluding carboxylic acids is 1. The van der Waals surface area contributed by atoms with Crippen LogP contribution in [0.2, 0.25) is 0 Å². The quantitative estimate of drug-likeness (QED) is 0.756. The third kappa shape index (κ3) is 7.13. The Hall–Kier alpha value is -1.13. The molecule has 0 heterocycles. The Morgan fingerprint density at radius 3 is 2.68 bits per heavy atom. The van der Waals surface area contributed by atoms with E-state index >= 15 is 0 Å². The van der Waals surface area contributed by atoms with E-state index in [1.165, 1.54) is 6.07 Å². The fourth-order valence-corrected chi connectivity index (χ4v) is 1.82. The van der Waals surface area contributed by atoms with Crippen LogP contribution in [0.5, 0.6) is 0 Å². The molecule has 19 heavy (non-hydrogen) atoms. The van der Waals surface area contributed by atoms with E-state index < -0.39 is 0 Å². The summed E-state index contributed by atoms with van der Waals surface area (Å²) in [5.74, 6) is -0.192. The van der Waals surface area contributed by atoms with Gasteiger partial charge in [0.2, 0.25) is 5.91 Å². The number of benzene rings is 1. The summed E-state index contributed by atoms with van der Waals surface area (Å²) in [6, 6.07) is 6.61. The highest BCUT2D eigenvalue weighted by Gasteiger charge is 2.10. The van der Waals surface area contributed by atoms with Crippen LogP contribution in [0.15, 0.2) is 24.3 Å². The standard InChI is InChI=1S/C14H21FN2O.ClH/c1-11(17-14(18)8-5-9-16-2)10-12-6-3-4-7-13(12)15;/h3-4,6-7,11,16H,5,8-10H2,1-2H3,(H,17,18);1H. The molecular weight excluding hydrogens is 267 g/mol. The van der Waals surface area contributed by atoms with Gasteiger partial charge in [-0.25, -0.2) is 4.39 Å². The van der Waals surface area contributed by atoms with Gasteiger partial charge in [0.1, 0.15) is 5.82 Å². The van der Waals surface area contributed by atoms with Gasteiger partial charge in [0.05, 0.1) is 0 Å². The van der Waals surface area contributed by atoms with Crippen molar-refractivity contribution in [2.45, 2.75) is 32.2 Å². The zero-order valence-electron chi connectivity index (χ0n) is 11.4. The summed E-state index contributed by atoms with van der Waals surface area (Å²) < 4.78 is 13.4. The van der Waals surface area contributed by atoms with Gasteiger partial charge < -0.3 is 10.6 Å². The number of hydrogen-bond donors (Lipinski definition) is 2. The van der Waals surface area contributed by atoms with Crippen LogP contribution in [-0.2, 0) is 11.2 Å². The van der Waals surface area contributed by atoms with Crippen LogP contribution in [-0.4, -0.2) is 25.5 Å². The smallest absolute Gasteiger partial charge is 0.220 e. The average Bonchev–Trinajstić information content (AvgIpc) is 2.32. The molecule has 1 aromatic carbocycles. The molecule has 0 aliphatic carbocycles. The Kier molecular flexibility index (Phi) is 9.17. The van der Waals surface area contributed by atoms with Crippen molar-refractivity contribution in [3.05, 3.63) is 35.6 Å². The third-order valence-corrected chi connectivity index (χ3v) is 2.72. The fraction of sp³-hybridized carbons (Fsp3) is 0.500. The highest BCUT2D eigenvalue weighted by molar-refractivity contribution is 5.85. The summed E-state index contributed by atoms with van der Waals surface area (Å²) in [5, 5.41) is 5.88. The minimum absolute atomic E-state index is 0. The van der Waals surface area contributed by atoms with Crippen molar-refractivity contribution in [3.8, 4) is 0 Å². The predicted octanol–water partition coefficient (Wildman–Crippen LogP) is 2.29. The zero-order chi connectivity index (χ0) is 13.4. The second kappa shape index (κ2) is 9.75. The Balaban J connectivity index is 0.00000324. The molecule has 1 unspecified atom stereocenters. The molecule has 0 spiro atoms. The second-order valence-electron chi connectivity index (χ2n) is 4.47. The maximum absolute atomic E-state index is 13.4. The number of amides is 1. The van der Waals surface area contributed by atoms with Crippen molar-refractivity contribution < 1.29 is 9.18 Å². The van der Waals surface area contributed by atoms with Gasteiger partial charge in [-0.1, -0.05) is 18.2 Å². The van der Waals surface area contributed by atoms with Crippen LogP contribution in [0.1, 0.15) is 25.3 Å². The van der Waals surface area contributed by atoms with E-state index in [-0.39, 0.29) is 30.2 Å². The van der Waals surface area contributed by atoms with Gasteiger partial charge in [-0.05, 0) is 45.0 Å². The van der Waals surface area contributed by atoms with E-state index in [2.05, 4.69) is 10.6 Å². The molecule has 1 aromatic rings. The summed E-state index contributed by atoms with van der Waals surface area (Å²) >= 11 is 0. The lowest BCUT2D eigenvalue weighted by molar-refractivity contribution is -0.121. The van der Waals surface area contributed by atoms with Crippen LogP contribution in [0, 0.1) is 5.82 Å². The van der Waals surface area contributed by atoms with Gasteiger partial charge in [0.25, 0.3) is 0 Å². The third-order valence-electron chi connectivity index (χ3n) is 2.72. The van der Waals surface area contributed by atoms with Crippen LogP contribution < -0.4 is 10.6 Å². The number of nitrogens with one attached hydrogen (secondary N) is 2. The van der Waals surface area contributed by atoms with E-state index in [1.807, 2.05) is 14.0 Å². The van der Waals surface area contributed by atoms with E-state index in [4.69, 9.17) is 0 Å². The summed E-state index contributed by atoms with van der Waals surface area (Å²) in [6.45, 7) is 2.72. The van der Waals surface area contributed by atoms with Crippen molar-refractivity contribution >= 4 is 18.3 Å². The molecule has 108 valence electrons. The van der Waals surface area contributed by atoms with Crippen LogP contribution in [0.3, 0.4) is 0 Å². The first kappa shape index (κ1) is 17.9. The fourth-order valence-electron chi connectivity index (χ4n) is 1.82. The molecule has 0 saturated heterocycles. The Morgan fingerprint density at radius 1 is 1.37 bits per heavy atom. The maximum Gasteiger partial charge on any atom is 0.220 e. The first-order valence-corrected chi connectivity index (χ1v) is 6.31. The Morgan fingerprint density at radius 2 is 2.05 bits per heavy atom. The van der Waals surface area contributed by atoms with Crippen LogP contribution >= 0.6 is 12.4 Å². The van der Waals surface area contributed by atoms with Gasteiger partial charge in [-0.2, -0.15) is 0 Å². The molecule has 1 atom stereocenters.